The Kier molecular flexibility index (Phi) is 9.89. The van der Waals surface area contributed by atoms with Gasteiger partial charge in [0.2, 0.25) is 11.8 Å². The molecule has 1 unspecified atom stereocenters. The molecule has 3 amide bonds. The van der Waals surface area contributed by atoms with Gasteiger partial charge in [-0.3, -0.25) is 19.4 Å². The number of pyridine rings is 1. The summed E-state index contributed by atoms with van der Waals surface area (Å²) in [4.78, 5) is 53.8. The maximum Gasteiger partial charge on any atom is 0.271 e. The molecule has 0 bridgehead atoms. The number of carbonyl (C=O) groups is 3. The summed E-state index contributed by atoms with van der Waals surface area (Å²) in [6.07, 6.45) is 9.92. The smallest absolute Gasteiger partial charge is 0.271 e. The fourth-order valence-electron chi connectivity index (χ4n) is 3.84. The van der Waals surface area contributed by atoms with Crippen LogP contribution in [0.3, 0.4) is 0 Å². The number of nitrogens with two attached hydrogens (primary N) is 1. The zero-order valence-electron chi connectivity index (χ0n) is 22.8. The Balaban J connectivity index is 1.60. The van der Waals surface area contributed by atoms with Gasteiger partial charge >= 0.3 is 0 Å². The quantitative estimate of drug-likeness (QED) is 0.337. The molecule has 1 fully saturated rings. The minimum Gasteiger partial charge on any atom is -0.364 e. The summed E-state index contributed by atoms with van der Waals surface area (Å²) in [5.74, 6) is -0.416. The van der Waals surface area contributed by atoms with Crippen molar-refractivity contribution in [2.45, 2.75) is 51.5 Å². The van der Waals surface area contributed by atoms with Gasteiger partial charge in [0.1, 0.15) is 6.04 Å². The Morgan fingerprint density at radius 3 is 2.55 bits per heavy atom. The molecule has 11 heteroatoms. The lowest BCUT2D eigenvalue weighted by Crippen LogP contribution is -2.45. The van der Waals surface area contributed by atoms with Gasteiger partial charge < -0.3 is 26.2 Å². The number of aryl methyl sites for hydroxylation is 1. The van der Waals surface area contributed by atoms with E-state index in [2.05, 4.69) is 20.6 Å². The minimum absolute atomic E-state index is 0.105. The highest BCUT2D eigenvalue weighted by molar-refractivity contribution is 5.96. The highest BCUT2D eigenvalue weighted by Gasteiger charge is 2.30. The van der Waals surface area contributed by atoms with E-state index >= 15 is 0 Å². The lowest BCUT2D eigenvalue weighted by atomic mass is 10.1. The highest BCUT2D eigenvalue weighted by Crippen LogP contribution is 2.41. The van der Waals surface area contributed by atoms with Crippen LogP contribution in [0, 0.1) is 0 Å². The number of hydrogen-bond donors (Lipinski definition) is 3. The molecule has 3 rings (SSSR count). The van der Waals surface area contributed by atoms with Crippen LogP contribution in [0.5, 0.6) is 0 Å². The molecule has 0 aliphatic heterocycles. The SMILES string of the molecule is CCc1nc(C(N)=O)c(Nc2cncc(CCNC(=O)C(C)N(C)C(=O)C=CCN(C)C)c2)nc1C1CC1. The fourth-order valence-corrected chi connectivity index (χ4v) is 3.84. The summed E-state index contributed by atoms with van der Waals surface area (Å²) in [6.45, 7) is 4.69. The molecule has 2 aromatic heterocycles. The topological polar surface area (TPSA) is 146 Å². The maximum absolute atomic E-state index is 12.6. The fraction of sp³-hybridized carbons (Fsp3) is 0.481. The molecule has 0 saturated heterocycles. The van der Waals surface area contributed by atoms with Crippen molar-refractivity contribution >= 4 is 29.2 Å². The Hall–Kier alpha value is -3.86. The molecule has 1 aliphatic rings. The molecule has 2 aromatic rings. The molecular formula is C27H38N8O3. The molecule has 1 saturated carbocycles. The molecule has 11 nitrogen and oxygen atoms in total. The predicted octanol–water partition coefficient (Wildman–Crippen LogP) is 1.78. The number of rotatable bonds is 13. The number of likely N-dealkylation sites (N-methyl/N-ethyl adjacent to an activating group) is 2. The van der Waals surface area contributed by atoms with Crippen molar-refractivity contribution in [3.63, 3.8) is 0 Å². The third-order valence-corrected chi connectivity index (χ3v) is 6.34. The molecule has 0 spiro atoms. The van der Waals surface area contributed by atoms with E-state index in [4.69, 9.17) is 10.7 Å². The van der Waals surface area contributed by atoms with Crippen LogP contribution in [-0.4, -0.2) is 82.7 Å². The van der Waals surface area contributed by atoms with Crippen LogP contribution in [0.25, 0.3) is 0 Å². The van der Waals surface area contributed by atoms with E-state index in [1.807, 2.05) is 32.0 Å². The summed E-state index contributed by atoms with van der Waals surface area (Å²) in [7, 11) is 5.43. The molecule has 4 N–H and O–H groups in total. The van der Waals surface area contributed by atoms with Gasteiger partial charge in [0.05, 0.1) is 23.3 Å². The molecule has 1 aliphatic carbocycles. The van der Waals surface area contributed by atoms with Crippen molar-refractivity contribution in [2.75, 3.05) is 39.5 Å². The van der Waals surface area contributed by atoms with Gasteiger partial charge in [0, 0.05) is 38.3 Å². The first-order chi connectivity index (χ1) is 18.1. The number of primary amides is 1. The van der Waals surface area contributed by atoms with Crippen molar-refractivity contribution in [2.24, 2.45) is 5.73 Å². The summed E-state index contributed by atoms with van der Waals surface area (Å²) in [5.41, 5.74) is 8.93. The van der Waals surface area contributed by atoms with E-state index in [1.165, 1.54) is 11.0 Å². The van der Waals surface area contributed by atoms with E-state index in [-0.39, 0.29) is 17.5 Å². The molecule has 0 radical (unpaired) electrons. The number of nitrogens with one attached hydrogen (secondary N) is 2. The van der Waals surface area contributed by atoms with Crippen LogP contribution in [0.2, 0.25) is 0 Å². The van der Waals surface area contributed by atoms with Crippen LogP contribution in [-0.2, 0) is 22.4 Å². The first-order valence-electron chi connectivity index (χ1n) is 12.9. The van der Waals surface area contributed by atoms with Gasteiger partial charge in [-0.2, -0.15) is 0 Å². The van der Waals surface area contributed by atoms with Crippen molar-refractivity contribution in [1.82, 2.24) is 30.1 Å². The second-order valence-electron chi connectivity index (χ2n) is 9.78. The van der Waals surface area contributed by atoms with Crippen molar-refractivity contribution in [1.29, 1.82) is 0 Å². The van der Waals surface area contributed by atoms with Crippen molar-refractivity contribution in [3.8, 4) is 0 Å². The van der Waals surface area contributed by atoms with Crippen LogP contribution in [0.15, 0.2) is 30.6 Å². The van der Waals surface area contributed by atoms with Crippen molar-refractivity contribution in [3.05, 3.63) is 53.3 Å². The number of anilines is 2. The van der Waals surface area contributed by atoms with Gasteiger partial charge in [0.25, 0.3) is 5.91 Å². The maximum atomic E-state index is 12.6. The second-order valence-corrected chi connectivity index (χ2v) is 9.78. The molecular weight excluding hydrogens is 484 g/mol. The Labute approximate surface area is 223 Å². The number of hydrogen-bond acceptors (Lipinski definition) is 8. The van der Waals surface area contributed by atoms with E-state index in [0.29, 0.717) is 43.4 Å². The lowest BCUT2D eigenvalue weighted by molar-refractivity contribution is -0.135. The van der Waals surface area contributed by atoms with Gasteiger partial charge in [-0.25, -0.2) is 9.97 Å². The standard InChI is InChI=1S/C27H38N8O3/c1-6-21-23(19-9-10-19)33-26(24(32-21)25(28)37)31-20-14-18(15-29-16-20)11-12-30-27(38)17(2)35(5)22(36)8-7-13-34(3)4/h7-8,14-17,19H,6,9-13H2,1-5H3,(H2,28,37)(H,30,38)(H,31,33). The lowest BCUT2D eigenvalue weighted by Gasteiger charge is -2.23. The number of nitrogens with zero attached hydrogens (tertiary/aromatic N) is 5. The first-order valence-corrected chi connectivity index (χ1v) is 12.9. The Bertz CT molecular complexity index is 1190. The largest absolute Gasteiger partial charge is 0.364 e. The van der Waals surface area contributed by atoms with Gasteiger partial charge in [-0.1, -0.05) is 13.0 Å². The highest BCUT2D eigenvalue weighted by atomic mass is 16.2. The minimum atomic E-state index is -0.644. The number of amides is 3. The third kappa shape index (κ3) is 7.82. The zero-order valence-corrected chi connectivity index (χ0v) is 22.8. The average Bonchev–Trinajstić information content (AvgIpc) is 3.73. The average molecular weight is 523 g/mol. The summed E-state index contributed by atoms with van der Waals surface area (Å²) in [5, 5.41) is 6.04. The number of carbonyl (C=O) groups excluding carboxylic acids is 3. The van der Waals surface area contributed by atoms with E-state index in [0.717, 1.165) is 29.8 Å². The summed E-state index contributed by atoms with van der Waals surface area (Å²) < 4.78 is 0. The van der Waals surface area contributed by atoms with E-state index < -0.39 is 11.9 Å². The van der Waals surface area contributed by atoms with E-state index in [9.17, 15) is 14.4 Å². The molecule has 2 heterocycles. The van der Waals surface area contributed by atoms with Gasteiger partial charge in [0.15, 0.2) is 11.5 Å². The first kappa shape index (κ1) is 28.7. The monoisotopic (exact) mass is 522 g/mol. The van der Waals surface area contributed by atoms with Crippen molar-refractivity contribution < 1.29 is 14.4 Å². The van der Waals surface area contributed by atoms with Crippen LogP contribution < -0.4 is 16.4 Å². The van der Waals surface area contributed by atoms with Crippen LogP contribution >= 0.6 is 0 Å². The van der Waals surface area contributed by atoms with Gasteiger partial charge in [-0.05, 0) is 58.3 Å². The molecule has 1 atom stereocenters. The number of aromatic nitrogens is 3. The Morgan fingerprint density at radius 1 is 1.18 bits per heavy atom. The zero-order chi connectivity index (χ0) is 27.8. The second kappa shape index (κ2) is 13.1. The molecule has 38 heavy (non-hydrogen) atoms. The molecule has 204 valence electrons. The van der Waals surface area contributed by atoms with Crippen LogP contribution in [0.4, 0.5) is 11.5 Å². The summed E-state index contributed by atoms with van der Waals surface area (Å²) in [6, 6.07) is 1.26. The van der Waals surface area contributed by atoms with Gasteiger partial charge in [-0.15, -0.1) is 0 Å². The normalized spacial score (nSPS) is 13.9. The molecule has 0 aromatic carbocycles. The summed E-state index contributed by atoms with van der Waals surface area (Å²) >= 11 is 0. The predicted molar refractivity (Wildman–Crippen MR) is 146 cm³/mol. The Morgan fingerprint density at radius 2 is 1.92 bits per heavy atom. The van der Waals surface area contributed by atoms with Crippen LogP contribution in [0.1, 0.15) is 60.0 Å². The third-order valence-electron chi connectivity index (χ3n) is 6.34. The van der Waals surface area contributed by atoms with E-state index in [1.54, 1.807) is 32.4 Å².